The van der Waals surface area contributed by atoms with Crippen molar-refractivity contribution in [1.82, 2.24) is 14.8 Å². The van der Waals surface area contributed by atoms with Crippen LogP contribution >= 0.6 is 11.6 Å². The Morgan fingerprint density at radius 1 is 1.13 bits per heavy atom. The van der Waals surface area contributed by atoms with E-state index >= 15 is 0 Å². The van der Waals surface area contributed by atoms with Gasteiger partial charge in [-0.15, -0.1) is 0 Å². The van der Waals surface area contributed by atoms with Gasteiger partial charge in [-0.3, -0.25) is 0 Å². The van der Waals surface area contributed by atoms with Gasteiger partial charge in [-0.1, -0.05) is 41.9 Å². The summed E-state index contributed by atoms with van der Waals surface area (Å²) in [5, 5.41) is 15.0. The summed E-state index contributed by atoms with van der Waals surface area (Å²) in [4.78, 5) is 8.75. The monoisotopic (exact) mass is 324 g/mol. The van der Waals surface area contributed by atoms with Gasteiger partial charge in [0.05, 0.1) is 11.8 Å². The van der Waals surface area contributed by atoms with E-state index in [4.69, 9.17) is 11.6 Å². The fourth-order valence-corrected chi connectivity index (χ4v) is 3.00. The standard InChI is InChI=1S/C17H13ClN4O/c18-12-6-7-16(23)13(8-12)14-9-15(11-4-2-1-3-5-11)22-17(21-14)19-10-20-22/h1-8,10,15,23H,9H2. The molecule has 0 bridgehead atoms. The number of aromatic hydroxyl groups is 1. The molecule has 0 amide bonds. The second-order valence-corrected chi connectivity index (χ2v) is 5.79. The summed E-state index contributed by atoms with van der Waals surface area (Å²) in [6.07, 6.45) is 2.10. The average molecular weight is 325 g/mol. The number of fused-ring (bicyclic) bond motifs is 1. The largest absolute Gasteiger partial charge is 0.507 e. The molecular weight excluding hydrogens is 312 g/mol. The van der Waals surface area contributed by atoms with Crippen molar-refractivity contribution in [2.45, 2.75) is 12.5 Å². The number of hydrogen-bond donors (Lipinski definition) is 1. The van der Waals surface area contributed by atoms with Gasteiger partial charge in [0.1, 0.15) is 12.1 Å². The lowest BCUT2D eigenvalue weighted by Crippen LogP contribution is -2.21. The summed E-state index contributed by atoms with van der Waals surface area (Å²) in [6, 6.07) is 15.0. The molecule has 4 rings (SSSR count). The number of phenols is 1. The highest BCUT2D eigenvalue weighted by Gasteiger charge is 2.27. The molecule has 0 saturated heterocycles. The quantitative estimate of drug-likeness (QED) is 0.780. The zero-order valence-electron chi connectivity index (χ0n) is 12.1. The maximum absolute atomic E-state index is 10.2. The van der Waals surface area contributed by atoms with Gasteiger partial charge in [0.2, 0.25) is 5.95 Å². The first-order valence-corrected chi connectivity index (χ1v) is 7.61. The Hall–Kier alpha value is -2.66. The van der Waals surface area contributed by atoms with Crippen LogP contribution in [0.4, 0.5) is 5.95 Å². The van der Waals surface area contributed by atoms with E-state index in [1.165, 1.54) is 6.33 Å². The van der Waals surface area contributed by atoms with Crippen LogP contribution in [0.1, 0.15) is 23.6 Å². The molecule has 1 aliphatic rings. The molecule has 0 fully saturated rings. The van der Waals surface area contributed by atoms with Crippen LogP contribution in [0.3, 0.4) is 0 Å². The third-order valence-electron chi connectivity index (χ3n) is 3.92. The van der Waals surface area contributed by atoms with E-state index in [1.807, 2.05) is 18.2 Å². The molecule has 1 aromatic heterocycles. The summed E-state index contributed by atoms with van der Waals surface area (Å²) in [5.74, 6) is 0.687. The summed E-state index contributed by atoms with van der Waals surface area (Å²) < 4.78 is 1.81. The summed E-state index contributed by atoms with van der Waals surface area (Å²) >= 11 is 6.07. The zero-order chi connectivity index (χ0) is 15.8. The Kier molecular flexibility index (Phi) is 3.35. The minimum atomic E-state index is -0.0143. The van der Waals surface area contributed by atoms with E-state index in [2.05, 4.69) is 27.2 Å². The number of hydrogen-bond acceptors (Lipinski definition) is 4. The molecule has 1 aliphatic heterocycles. The molecule has 0 radical (unpaired) electrons. The average Bonchev–Trinajstić information content (AvgIpc) is 3.05. The molecular formula is C17H13ClN4O. The number of aromatic nitrogens is 3. The topological polar surface area (TPSA) is 63.3 Å². The van der Waals surface area contributed by atoms with Crippen molar-refractivity contribution in [3.05, 3.63) is 71.0 Å². The van der Waals surface area contributed by atoms with Crippen LogP contribution in [-0.2, 0) is 0 Å². The molecule has 2 heterocycles. The van der Waals surface area contributed by atoms with Crippen LogP contribution in [0.5, 0.6) is 5.75 Å². The minimum absolute atomic E-state index is 0.0143. The van der Waals surface area contributed by atoms with Crippen molar-refractivity contribution in [1.29, 1.82) is 0 Å². The second kappa shape index (κ2) is 5.52. The van der Waals surface area contributed by atoms with Gasteiger partial charge in [0.25, 0.3) is 0 Å². The van der Waals surface area contributed by atoms with Gasteiger partial charge < -0.3 is 5.11 Å². The first-order chi connectivity index (χ1) is 11.2. The Balaban J connectivity index is 1.83. The van der Waals surface area contributed by atoms with Crippen LogP contribution in [-0.4, -0.2) is 25.6 Å². The molecule has 1 N–H and O–H groups in total. The predicted molar refractivity (Wildman–Crippen MR) is 88.5 cm³/mol. The molecule has 0 spiro atoms. The highest BCUT2D eigenvalue weighted by atomic mass is 35.5. The van der Waals surface area contributed by atoms with Gasteiger partial charge in [-0.2, -0.15) is 10.1 Å². The SMILES string of the molecule is Oc1ccc(Cl)cc1C1=Nc2ncnn2C(c2ccccc2)C1. The first kappa shape index (κ1) is 14.0. The molecule has 6 heteroatoms. The Morgan fingerprint density at radius 2 is 1.96 bits per heavy atom. The van der Waals surface area contributed by atoms with Gasteiger partial charge in [-0.25, -0.2) is 9.67 Å². The maximum atomic E-state index is 10.2. The fourth-order valence-electron chi connectivity index (χ4n) is 2.82. The number of phenolic OH excluding ortho intramolecular Hbond substituents is 1. The molecule has 5 nitrogen and oxygen atoms in total. The van der Waals surface area contributed by atoms with Crippen LogP contribution in [0.25, 0.3) is 0 Å². The third-order valence-corrected chi connectivity index (χ3v) is 4.16. The fraction of sp³-hybridized carbons (Fsp3) is 0.118. The van der Waals surface area contributed by atoms with Gasteiger partial charge >= 0.3 is 0 Å². The molecule has 0 aliphatic carbocycles. The molecule has 1 atom stereocenters. The lowest BCUT2D eigenvalue weighted by Gasteiger charge is -2.24. The normalized spacial score (nSPS) is 16.7. The lowest BCUT2D eigenvalue weighted by molar-refractivity contribution is 0.472. The van der Waals surface area contributed by atoms with Gasteiger partial charge in [-0.05, 0) is 23.8 Å². The highest BCUT2D eigenvalue weighted by molar-refractivity contribution is 6.31. The number of halogens is 1. The molecule has 114 valence electrons. The van der Waals surface area contributed by atoms with Crippen molar-refractivity contribution in [2.75, 3.05) is 0 Å². The van der Waals surface area contributed by atoms with E-state index in [0.717, 1.165) is 11.3 Å². The minimum Gasteiger partial charge on any atom is -0.507 e. The Bertz CT molecular complexity index is 889. The van der Waals surface area contributed by atoms with Crippen LogP contribution in [0.2, 0.25) is 5.02 Å². The number of aliphatic imine (C=N–C) groups is 1. The number of benzene rings is 2. The molecule has 2 aromatic carbocycles. The summed E-state index contributed by atoms with van der Waals surface area (Å²) in [7, 11) is 0. The summed E-state index contributed by atoms with van der Waals surface area (Å²) in [6.45, 7) is 0. The molecule has 23 heavy (non-hydrogen) atoms. The van der Waals surface area contributed by atoms with E-state index in [1.54, 1.807) is 22.9 Å². The van der Waals surface area contributed by atoms with Gasteiger partial charge in [0.15, 0.2) is 0 Å². The van der Waals surface area contributed by atoms with Crippen molar-refractivity contribution >= 4 is 23.3 Å². The Morgan fingerprint density at radius 3 is 2.78 bits per heavy atom. The molecule has 0 saturated carbocycles. The van der Waals surface area contributed by atoms with E-state index in [0.29, 0.717) is 23.0 Å². The first-order valence-electron chi connectivity index (χ1n) is 7.23. The van der Waals surface area contributed by atoms with Crippen molar-refractivity contribution in [3.8, 4) is 5.75 Å². The highest BCUT2D eigenvalue weighted by Crippen LogP contribution is 2.34. The smallest absolute Gasteiger partial charge is 0.248 e. The second-order valence-electron chi connectivity index (χ2n) is 5.36. The van der Waals surface area contributed by atoms with E-state index in [9.17, 15) is 5.11 Å². The predicted octanol–water partition coefficient (Wildman–Crippen LogP) is 3.75. The Labute approximate surface area is 137 Å². The van der Waals surface area contributed by atoms with Crippen molar-refractivity contribution in [3.63, 3.8) is 0 Å². The zero-order valence-corrected chi connectivity index (χ0v) is 12.9. The third kappa shape index (κ3) is 2.49. The van der Waals surface area contributed by atoms with E-state index < -0.39 is 0 Å². The lowest BCUT2D eigenvalue weighted by atomic mass is 9.96. The number of rotatable bonds is 2. The molecule has 3 aromatic rings. The van der Waals surface area contributed by atoms with Crippen molar-refractivity contribution in [2.24, 2.45) is 4.99 Å². The van der Waals surface area contributed by atoms with Gasteiger partial charge in [0, 0.05) is 17.0 Å². The van der Waals surface area contributed by atoms with E-state index in [-0.39, 0.29) is 11.8 Å². The maximum Gasteiger partial charge on any atom is 0.248 e. The van der Waals surface area contributed by atoms with Crippen LogP contribution in [0.15, 0.2) is 59.9 Å². The summed E-state index contributed by atoms with van der Waals surface area (Å²) in [5.41, 5.74) is 2.50. The van der Waals surface area contributed by atoms with Crippen molar-refractivity contribution < 1.29 is 5.11 Å². The van der Waals surface area contributed by atoms with Crippen LogP contribution in [0, 0.1) is 0 Å². The molecule has 1 unspecified atom stereocenters. The number of nitrogens with zero attached hydrogens (tertiary/aromatic N) is 4. The van der Waals surface area contributed by atoms with Crippen LogP contribution < -0.4 is 0 Å².